The SMILES string of the molecule is CC(C)(C)C(OC=O)C(C)(C)C. The maximum Gasteiger partial charge on any atom is 0.293 e. The van der Waals surface area contributed by atoms with E-state index >= 15 is 0 Å². The van der Waals surface area contributed by atoms with Gasteiger partial charge in [0.05, 0.1) is 0 Å². The van der Waals surface area contributed by atoms with Crippen LogP contribution in [0.1, 0.15) is 41.5 Å². The third-order valence-electron chi connectivity index (χ3n) is 1.76. The fraction of sp³-hybridized carbons (Fsp3) is 0.900. The van der Waals surface area contributed by atoms with Crippen molar-refractivity contribution in [3.05, 3.63) is 0 Å². The number of rotatable bonds is 2. The first kappa shape index (κ1) is 11.5. The lowest BCUT2D eigenvalue weighted by Gasteiger charge is -2.38. The third kappa shape index (κ3) is 3.24. The molecule has 0 fully saturated rings. The number of carbonyl (C=O) groups excluding carboxylic acids is 1. The molecule has 0 aromatic rings. The molecule has 0 N–H and O–H groups in total. The highest BCUT2D eigenvalue weighted by molar-refractivity contribution is 5.37. The molecule has 0 radical (unpaired) electrons. The Morgan fingerprint density at radius 3 is 1.42 bits per heavy atom. The topological polar surface area (TPSA) is 26.3 Å². The fourth-order valence-corrected chi connectivity index (χ4v) is 1.76. The Morgan fingerprint density at radius 2 is 1.33 bits per heavy atom. The van der Waals surface area contributed by atoms with E-state index in [9.17, 15) is 4.79 Å². The van der Waals surface area contributed by atoms with E-state index in [0.717, 1.165) is 0 Å². The van der Waals surface area contributed by atoms with E-state index < -0.39 is 0 Å². The van der Waals surface area contributed by atoms with Crippen LogP contribution in [-0.2, 0) is 9.53 Å². The summed E-state index contributed by atoms with van der Waals surface area (Å²) in [7, 11) is 0. The normalized spacial score (nSPS) is 13.2. The van der Waals surface area contributed by atoms with Gasteiger partial charge in [-0.3, -0.25) is 4.79 Å². The van der Waals surface area contributed by atoms with Crippen molar-refractivity contribution in [2.45, 2.75) is 47.6 Å². The number of hydrogen-bond acceptors (Lipinski definition) is 2. The van der Waals surface area contributed by atoms with E-state index in [1.807, 2.05) is 0 Å². The van der Waals surface area contributed by atoms with Crippen LogP contribution in [0.15, 0.2) is 0 Å². The van der Waals surface area contributed by atoms with Crippen LogP contribution in [0.2, 0.25) is 0 Å². The highest BCUT2D eigenvalue weighted by Crippen LogP contribution is 2.35. The van der Waals surface area contributed by atoms with Gasteiger partial charge in [0.15, 0.2) is 0 Å². The van der Waals surface area contributed by atoms with Gasteiger partial charge < -0.3 is 4.74 Å². The molecule has 2 heteroatoms. The predicted molar refractivity (Wildman–Crippen MR) is 49.8 cm³/mol. The van der Waals surface area contributed by atoms with Gasteiger partial charge in [0, 0.05) is 0 Å². The summed E-state index contributed by atoms with van der Waals surface area (Å²) in [6.45, 7) is 13.0. The molecule has 0 spiro atoms. The Balaban J connectivity index is 4.56. The summed E-state index contributed by atoms with van der Waals surface area (Å²) in [4.78, 5) is 10.3. The van der Waals surface area contributed by atoms with E-state index in [2.05, 4.69) is 41.5 Å². The van der Waals surface area contributed by atoms with Crippen molar-refractivity contribution in [1.29, 1.82) is 0 Å². The predicted octanol–water partition coefficient (Wildman–Crippen LogP) is 2.62. The molecule has 0 atom stereocenters. The third-order valence-corrected chi connectivity index (χ3v) is 1.76. The standard InChI is InChI=1S/C10H20O2/c1-9(2,3)8(12-7-11)10(4,5)6/h7-8H,1-6H3. The summed E-state index contributed by atoms with van der Waals surface area (Å²) in [5.41, 5.74) is -0.00167. The maximum atomic E-state index is 10.3. The van der Waals surface area contributed by atoms with E-state index in [1.165, 1.54) is 0 Å². The summed E-state index contributed by atoms with van der Waals surface area (Å²) in [6, 6.07) is 0. The first-order chi connectivity index (χ1) is 5.19. The summed E-state index contributed by atoms with van der Waals surface area (Å²) >= 11 is 0. The number of hydrogen-bond donors (Lipinski definition) is 0. The molecule has 2 nitrogen and oxygen atoms in total. The van der Waals surface area contributed by atoms with E-state index in [-0.39, 0.29) is 16.9 Å². The highest BCUT2D eigenvalue weighted by Gasteiger charge is 2.36. The van der Waals surface area contributed by atoms with Gasteiger partial charge in [0.1, 0.15) is 6.10 Å². The summed E-state index contributed by atoms with van der Waals surface area (Å²) in [5.74, 6) is 0. The molecule has 12 heavy (non-hydrogen) atoms. The second-order valence-corrected chi connectivity index (χ2v) is 5.34. The summed E-state index contributed by atoms with van der Waals surface area (Å²) < 4.78 is 5.09. The molecular formula is C10H20O2. The second kappa shape index (κ2) is 3.46. The van der Waals surface area contributed by atoms with Crippen LogP contribution >= 0.6 is 0 Å². The molecule has 0 aliphatic carbocycles. The van der Waals surface area contributed by atoms with Crippen molar-refractivity contribution in [2.24, 2.45) is 10.8 Å². The lowest BCUT2D eigenvalue weighted by atomic mass is 9.74. The first-order valence-electron chi connectivity index (χ1n) is 4.28. The monoisotopic (exact) mass is 172 g/mol. The van der Waals surface area contributed by atoms with Gasteiger partial charge in [-0.15, -0.1) is 0 Å². The fourth-order valence-electron chi connectivity index (χ4n) is 1.76. The van der Waals surface area contributed by atoms with Crippen LogP contribution in [0.25, 0.3) is 0 Å². The van der Waals surface area contributed by atoms with Crippen molar-refractivity contribution < 1.29 is 9.53 Å². The minimum atomic E-state index is -0.0394. The van der Waals surface area contributed by atoms with Gasteiger partial charge in [-0.1, -0.05) is 41.5 Å². The molecular weight excluding hydrogens is 152 g/mol. The van der Waals surface area contributed by atoms with Crippen molar-refractivity contribution in [3.8, 4) is 0 Å². The average Bonchev–Trinajstić information content (AvgIpc) is 1.77. The van der Waals surface area contributed by atoms with Crippen molar-refractivity contribution in [3.63, 3.8) is 0 Å². The molecule has 0 aliphatic heterocycles. The highest BCUT2D eigenvalue weighted by atomic mass is 16.5. The van der Waals surface area contributed by atoms with Gasteiger partial charge in [-0.2, -0.15) is 0 Å². The number of ether oxygens (including phenoxy) is 1. The lowest BCUT2D eigenvalue weighted by molar-refractivity contribution is -0.147. The van der Waals surface area contributed by atoms with Gasteiger partial charge in [0.25, 0.3) is 6.47 Å². The Morgan fingerprint density at radius 1 is 1.00 bits per heavy atom. The van der Waals surface area contributed by atoms with Crippen molar-refractivity contribution in [1.82, 2.24) is 0 Å². The Labute approximate surface area is 75.3 Å². The molecule has 0 amide bonds. The van der Waals surface area contributed by atoms with Gasteiger partial charge in [0.2, 0.25) is 0 Å². The zero-order valence-corrected chi connectivity index (χ0v) is 8.97. The molecule has 0 aromatic heterocycles. The summed E-state index contributed by atoms with van der Waals surface area (Å²) in [6.07, 6.45) is -0.0394. The molecule has 0 aromatic carbocycles. The Hall–Kier alpha value is -0.530. The first-order valence-corrected chi connectivity index (χ1v) is 4.28. The molecule has 0 rings (SSSR count). The van der Waals surface area contributed by atoms with Crippen LogP contribution in [0.4, 0.5) is 0 Å². The Bertz CT molecular complexity index is 134. The molecule has 0 aliphatic rings. The second-order valence-electron chi connectivity index (χ2n) is 5.34. The largest absolute Gasteiger partial charge is 0.463 e. The van der Waals surface area contributed by atoms with E-state index in [4.69, 9.17) is 4.74 Å². The van der Waals surface area contributed by atoms with Crippen molar-refractivity contribution in [2.75, 3.05) is 0 Å². The molecule has 0 heterocycles. The lowest BCUT2D eigenvalue weighted by Crippen LogP contribution is -2.40. The van der Waals surface area contributed by atoms with Crippen molar-refractivity contribution >= 4 is 6.47 Å². The zero-order valence-electron chi connectivity index (χ0n) is 8.97. The number of carbonyl (C=O) groups is 1. The smallest absolute Gasteiger partial charge is 0.293 e. The Kier molecular flexibility index (Phi) is 3.31. The van der Waals surface area contributed by atoms with Crippen LogP contribution in [0.5, 0.6) is 0 Å². The molecule has 0 saturated heterocycles. The molecule has 0 saturated carbocycles. The van der Waals surface area contributed by atoms with Gasteiger partial charge >= 0.3 is 0 Å². The van der Waals surface area contributed by atoms with Gasteiger partial charge in [-0.05, 0) is 10.8 Å². The minimum absolute atomic E-state index is 0.000833. The molecule has 0 unspecified atom stereocenters. The molecule has 0 bridgehead atoms. The zero-order chi connectivity index (χ0) is 9.99. The molecule has 72 valence electrons. The average molecular weight is 172 g/mol. The van der Waals surface area contributed by atoms with Crippen LogP contribution in [0.3, 0.4) is 0 Å². The quantitative estimate of drug-likeness (QED) is 0.598. The summed E-state index contributed by atoms with van der Waals surface area (Å²) in [5, 5.41) is 0. The maximum absolute atomic E-state index is 10.3. The van der Waals surface area contributed by atoms with Crippen LogP contribution in [0, 0.1) is 10.8 Å². The van der Waals surface area contributed by atoms with Crippen LogP contribution < -0.4 is 0 Å². The minimum Gasteiger partial charge on any atom is -0.463 e. The van der Waals surface area contributed by atoms with Crippen LogP contribution in [-0.4, -0.2) is 12.6 Å². The van der Waals surface area contributed by atoms with E-state index in [1.54, 1.807) is 0 Å². The van der Waals surface area contributed by atoms with Gasteiger partial charge in [-0.25, -0.2) is 0 Å². The van der Waals surface area contributed by atoms with E-state index in [0.29, 0.717) is 6.47 Å².